The van der Waals surface area contributed by atoms with E-state index in [4.69, 9.17) is 4.74 Å². The predicted molar refractivity (Wildman–Crippen MR) is 60.3 cm³/mol. The fourth-order valence-corrected chi connectivity index (χ4v) is 3.19. The lowest BCUT2D eigenvalue weighted by molar-refractivity contribution is 0.117. The van der Waals surface area contributed by atoms with Crippen molar-refractivity contribution >= 4 is 10.0 Å². The maximum Gasteiger partial charge on any atom is 0.211 e. The van der Waals surface area contributed by atoms with Gasteiger partial charge in [0.2, 0.25) is 10.0 Å². The first-order valence-electron chi connectivity index (χ1n) is 5.67. The van der Waals surface area contributed by atoms with Crippen LogP contribution in [-0.2, 0) is 14.8 Å². The summed E-state index contributed by atoms with van der Waals surface area (Å²) in [7, 11) is -3.10. The van der Waals surface area contributed by atoms with Crippen LogP contribution in [0.25, 0.3) is 0 Å². The van der Waals surface area contributed by atoms with Crippen LogP contribution >= 0.6 is 0 Å². The van der Waals surface area contributed by atoms with Crippen molar-refractivity contribution in [2.24, 2.45) is 0 Å². The van der Waals surface area contributed by atoms with Gasteiger partial charge in [0, 0.05) is 12.6 Å². The van der Waals surface area contributed by atoms with Crippen molar-refractivity contribution in [3.05, 3.63) is 0 Å². The lowest BCUT2D eigenvalue weighted by Gasteiger charge is -2.15. The van der Waals surface area contributed by atoms with Gasteiger partial charge in [-0.05, 0) is 19.8 Å². The zero-order valence-corrected chi connectivity index (χ0v) is 10.3. The summed E-state index contributed by atoms with van der Waals surface area (Å²) in [5.41, 5.74) is 0. The van der Waals surface area contributed by atoms with Crippen LogP contribution in [0.2, 0.25) is 0 Å². The van der Waals surface area contributed by atoms with Crippen LogP contribution in [0, 0.1) is 0 Å². The highest BCUT2D eigenvalue weighted by Crippen LogP contribution is 2.13. The topological polar surface area (TPSA) is 55.4 Å². The van der Waals surface area contributed by atoms with Gasteiger partial charge in [-0.2, -0.15) is 0 Å². The molecule has 5 heteroatoms. The Morgan fingerprint density at radius 3 is 2.67 bits per heavy atom. The summed E-state index contributed by atoms with van der Waals surface area (Å²) in [4.78, 5) is 0. The minimum atomic E-state index is -3.10. The summed E-state index contributed by atoms with van der Waals surface area (Å²) >= 11 is 0. The number of hydrogen-bond donors (Lipinski definition) is 1. The first-order valence-corrected chi connectivity index (χ1v) is 7.32. The Morgan fingerprint density at radius 2 is 2.13 bits per heavy atom. The molecule has 0 saturated carbocycles. The number of hydrogen-bond acceptors (Lipinski definition) is 3. The highest BCUT2D eigenvalue weighted by Gasteiger charge is 2.27. The third kappa shape index (κ3) is 4.49. The molecule has 0 amide bonds. The molecular formula is C10H21NO3S. The molecule has 2 atom stereocenters. The van der Waals surface area contributed by atoms with Crippen molar-refractivity contribution in [1.82, 2.24) is 4.72 Å². The van der Waals surface area contributed by atoms with E-state index < -0.39 is 10.0 Å². The molecule has 1 N–H and O–H groups in total. The molecule has 0 radical (unpaired) electrons. The van der Waals surface area contributed by atoms with Gasteiger partial charge in [-0.1, -0.05) is 19.8 Å². The van der Waals surface area contributed by atoms with E-state index >= 15 is 0 Å². The van der Waals surface area contributed by atoms with Crippen molar-refractivity contribution in [2.45, 2.75) is 51.7 Å². The summed E-state index contributed by atoms with van der Waals surface area (Å²) in [6.07, 6.45) is 3.55. The zero-order chi connectivity index (χ0) is 11.3. The standard InChI is InChI=1S/C10H21NO3S/c1-3-4-5-8-15(12,13)11-10-6-7-14-9(10)2/h9-11H,3-8H2,1-2H3/t9-,10-/m1/s1. The van der Waals surface area contributed by atoms with E-state index in [1.807, 2.05) is 6.92 Å². The fourth-order valence-electron chi connectivity index (χ4n) is 1.72. The Hall–Kier alpha value is -0.130. The molecular weight excluding hydrogens is 214 g/mol. The summed E-state index contributed by atoms with van der Waals surface area (Å²) < 4.78 is 31.3. The number of ether oxygens (including phenoxy) is 1. The van der Waals surface area contributed by atoms with Gasteiger partial charge in [-0.3, -0.25) is 0 Å². The van der Waals surface area contributed by atoms with Crippen molar-refractivity contribution in [2.75, 3.05) is 12.4 Å². The van der Waals surface area contributed by atoms with Gasteiger partial charge in [0.05, 0.1) is 11.9 Å². The van der Waals surface area contributed by atoms with Gasteiger partial charge in [0.15, 0.2) is 0 Å². The first kappa shape index (κ1) is 12.9. The minimum absolute atomic E-state index is 0.00551. The van der Waals surface area contributed by atoms with E-state index in [0.717, 1.165) is 25.7 Å². The molecule has 1 saturated heterocycles. The molecule has 1 rings (SSSR count). The second-order valence-electron chi connectivity index (χ2n) is 4.11. The molecule has 0 aliphatic carbocycles. The maximum absolute atomic E-state index is 11.6. The lowest BCUT2D eigenvalue weighted by Crippen LogP contribution is -2.40. The van der Waals surface area contributed by atoms with Crippen molar-refractivity contribution in [3.8, 4) is 0 Å². The minimum Gasteiger partial charge on any atom is -0.377 e. The highest BCUT2D eigenvalue weighted by molar-refractivity contribution is 7.89. The van der Waals surface area contributed by atoms with Gasteiger partial charge in [-0.15, -0.1) is 0 Å². The van der Waals surface area contributed by atoms with Crippen LogP contribution in [0.3, 0.4) is 0 Å². The van der Waals surface area contributed by atoms with Gasteiger partial charge in [0.25, 0.3) is 0 Å². The van der Waals surface area contributed by atoms with Crippen LogP contribution < -0.4 is 4.72 Å². The third-order valence-electron chi connectivity index (χ3n) is 2.72. The van der Waals surface area contributed by atoms with Gasteiger partial charge in [-0.25, -0.2) is 13.1 Å². The second kappa shape index (κ2) is 5.82. The number of nitrogens with one attached hydrogen (secondary N) is 1. The molecule has 0 aromatic heterocycles. The van der Waals surface area contributed by atoms with Gasteiger partial charge in [0.1, 0.15) is 0 Å². The molecule has 0 bridgehead atoms. The fraction of sp³-hybridized carbons (Fsp3) is 1.00. The highest BCUT2D eigenvalue weighted by atomic mass is 32.2. The first-order chi connectivity index (χ1) is 7.05. The van der Waals surface area contributed by atoms with E-state index in [2.05, 4.69) is 11.6 Å². The molecule has 90 valence electrons. The Balaban J connectivity index is 2.35. The van der Waals surface area contributed by atoms with Gasteiger partial charge >= 0.3 is 0 Å². The maximum atomic E-state index is 11.6. The Bertz CT molecular complexity index is 276. The molecule has 4 nitrogen and oxygen atoms in total. The number of rotatable bonds is 6. The van der Waals surface area contributed by atoms with E-state index in [-0.39, 0.29) is 17.9 Å². The molecule has 0 unspecified atom stereocenters. The molecule has 0 aromatic carbocycles. The van der Waals surface area contributed by atoms with Crippen molar-refractivity contribution in [1.29, 1.82) is 0 Å². The smallest absolute Gasteiger partial charge is 0.211 e. The molecule has 1 heterocycles. The average molecular weight is 235 g/mol. The molecule has 1 aliphatic heterocycles. The van der Waals surface area contributed by atoms with Crippen LogP contribution in [0.5, 0.6) is 0 Å². The molecule has 1 aliphatic rings. The average Bonchev–Trinajstić information content (AvgIpc) is 2.51. The van der Waals surface area contributed by atoms with E-state index in [9.17, 15) is 8.42 Å². The van der Waals surface area contributed by atoms with Crippen molar-refractivity contribution < 1.29 is 13.2 Å². The molecule has 1 fully saturated rings. The SMILES string of the molecule is CCCCCS(=O)(=O)N[C@@H]1CCO[C@@H]1C. The largest absolute Gasteiger partial charge is 0.377 e. The lowest BCUT2D eigenvalue weighted by atomic mass is 10.2. The second-order valence-corrected chi connectivity index (χ2v) is 5.99. The Kier molecular flexibility index (Phi) is 5.02. The molecule has 0 aromatic rings. The monoisotopic (exact) mass is 235 g/mol. The van der Waals surface area contributed by atoms with E-state index in [1.165, 1.54) is 0 Å². The normalized spacial score (nSPS) is 27.1. The number of unbranched alkanes of at least 4 members (excludes halogenated alkanes) is 2. The van der Waals surface area contributed by atoms with Crippen LogP contribution in [0.15, 0.2) is 0 Å². The Morgan fingerprint density at radius 1 is 1.40 bits per heavy atom. The van der Waals surface area contributed by atoms with Crippen molar-refractivity contribution in [3.63, 3.8) is 0 Å². The van der Waals surface area contributed by atoms with Crippen LogP contribution in [-0.4, -0.2) is 32.9 Å². The third-order valence-corrected chi connectivity index (χ3v) is 4.21. The summed E-state index contributed by atoms with van der Waals surface area (Å²) in [6, 6.07) is -0.0309. The quantitative estimate of drug-likeness (QED) is 0.705. The molecule has 0 spiro atoms. The van der Waals surface area contributed by atoms with Crippen LogP contribution in [0.4, 0.5) is 0 Å². The zero-order valence-electron chi connectivity index (χ0n) is 9.53. The Labute approximate surface area is 92.4 Å². The summed E-state index contributed by atoms with van der Waals surface area (Å²) in [5.74, 6) is 0.240. The predicted octanol–water partition coefficient (Wildman–Crippen LogP) is 1.27. The van der Waals surface area contributed by atoms with E-state index in [0.29, 0.717) is 6.61 Å². The molecule has 15 heavy (non-hydrogen) atoms. The summed E-state index contributed by atoms with van der Waals surface area (Å²) in [6.45, 7) is 4.63. The van der Waals surface area contributed by atoms with E-state index in [1.54, 1.807) is 0 Å². The number of sulfonamides is 1. The van der Waals surface area contributed by atoms with Gasteiger partial charge < -0.3 is 4.74 Å². The summed E-state index contributed by atoms with van der Waals surface area (Å²) in [5, 5.41) is 0. The van der Waals surface area contributed by atoms with Crippen LogP contribution in [0.1, 0.15) is 39.5 Å².